The molecule has 136 valence electrons. The van der Waals surface area contributed by atoms with E-state index >= 15 is 0 Å². The second-order valence-electron chi connectivity index (χ2n) is 6.10. The summed E-state index contributed by atoms with van der Waals surface area (Å²) in [6.45, 7) is 0.811. The van der Waals surface area contributed by atoms with Gasteiger partial charge < -0.3 is 5.32 Å². The first kappa shape index (κ1) is 17.0. The van der Waals surface area contributed by atoms with E-state index in [1.54, 1.807) is 12.3 Å². The summed E-state index contributed by atoms with van der Waals surface area (Å²) >= 11 is 0. The van der Waals surface area contributed by atoms with E-state index in [1.807, 2.05) is 0 Å². The smallest absolute Gasteiger partial charge is 0.252 e. The maximum atomic E-state index is 13.1. The number of benzene rings is 1. The SMILES string of the molecule is O=S(=O)(N[C@@H](c1ccnc2ncnn12)C1CCCN1)c1ccc(F)cc1. The van der Waals surface area contributed by atoms with Crippen LogP contribution in [0, 0.1) is 5.82 Å². The Morgan fingerprint density at radius 2 is 2.04 bits per heavy atom. The lowest BCUT2D eigenvalue weighted by atomic mass is 10.0. The minimum absolute atomic E-state index is 0.00536. The number of fused-ring (bicyclic) bond motifs is 1. The van der Waals surface area contributed by atoms with Gasteiger partial charge >= 0.3 is 0 Å². The average Bonchev–Trinajstić information content (AvgIpc) is 3.31. The van der Waals surface area contributed by atoms with E-state index in [4.69, 9.17) is 0 Å². The number of sulfonamides is 1. The highest BCUT2D eigenvalue weighted by molar-refractivity contribution is 7.89. The van der Waals surface area contributed by atoms with E-state index in [9.17, 15) is 12.8 Å². The molecule has 0 spiro atoms. The molecule has 0 radical (unpaired) electrons. The number of rotatable bonds is 5. The lowest BCUT2D eigenvalue weighted by molar-refractivity contribution is 0.443. The molecule has 0 aliphatic carbocycles. The van der Waals surface area contributed by atoms with Crippen LogP contribution in [0.5, 0.6) is 0 Å². The van der Waals surface area contributed by atoms with Gasteiger partial charge in [0.15, 0.2) is 0 Å². The fraction of sp³-hybridized carbons (Fsp3) is 0.312. The normalized spacial score (nSPS) is 19.0. The number of nitrogens with one attached hydrogen (secondary N) is 2. The Morgan fingerprint density at radius 1 is 1.23 bits per heavy atom. The zero-order valence-electron chi connectivity index (χ0n) is 13.7. The highest BCUT2D eigenvalue weighted by atomic mass is 32.2. The number of hydrogen-bond acceptors (Lipinski definition) is 6. The van der Waals surface area contributed by atoms with E-state index < -0.39 is 21.9 Å². The summed E-state index contributed by atoms with van der Waals surface area (Å²) in [5.41, 5.74) is 0.637. The molecular weight excluding hydrogens is 359 g/mol. The fourth-order valence-corrected chi connectivity index (χ4v) is 4.44. The molecule has 4 rings (SSSR count). The van der Waals surface area contributed by atoms with Gasteiger partial charge in [-0.1, -0.05) is 0 Å². The van der Waals surface area contributed by atoms with E-state index in [2.05, 4.69) is 25.1 Å². The van der Waals surface area contributed by atoms with E-state index in [1.165, 1.54) is 23.0 Å². The van der Waals surface area contributed by atoms with E-state index in [0.29, 0.717) is 11.5 Å². The van der Waals surface area contributed by atoms with Crippen LogP contribution in [0.15, 0.2) is 47.8 Å². The maximum absolute atomic E-state index is 13.1. The summed E-state index contributed by atoms with van der Waals surface area (Å²) in [5, 5.41) is 7.48. The molecule has 0 bridgehead atoms. The minimum Gasteiger partial charge on any atom is -0.312 e. The topological polar surface area (TPSA) is 101 Å². The van der Waals surface area contributed by atoms with Crippen molar-refractivity contribution >= 4 is 15.8 Å². The molecule has 1 unspecified atom stereocenters. The predicted molar refractivity (Wildman–Crippen MR) is 91.3 cm³/mol. The van der Waals surface area contributed by atoms with Gasteiger partial charge in [0.25, 0.3) is 5.78 Å². The maximum Gasteiger partial charge on any atom is 0.252 e. The quantitative estimate of drug-likeness (QED) is 0.690. The molecule has 1 aromatic carbocycles. The average molecular weight is 376 g/mol. The molecule has 26 heavy (non-hydrogen) atoms. The van der Waals surface area contributed by atoms with Crippen LogP contribution in [0.25, 0.3) is 5.78 Å². The minimum atomic E-state index is -3.85. The molecule has 2 atom stereocenters. The van der Waals surface area contributed by atoms with Gasteiger partial charge in [-0.2, -0.15) is 14.6 Å². The van der Waals surface area contributed by atoms with Gasteiger partial charge in [-0.3, -0.25) is 0 Å². The highest BCUT2D eigenvalue weighted by Crippen LogP contribution is 2.25. The van der Waals surface area contributed by atoms with Crippen molar-refractivity contribution in [1.82, 2.24) is 29.6 Å². The van der Waals surface area contributed by atoms with Gasteiger partial charge in [0, 0.05) is 12.2 Å². The third kappa shape index (κ3) is 3.18. The molecule has 1 aliphatic heterocycles. The van der Waals surface area contributed by atoms with Crippen molar-refractivity contribution in [3.8, 4) is 0 Å². The van der Waals surface area contributed by atoms with E-state index in [0.717, 1.165) is 31.5 Å². The Bertz CT molecular complexity index is 1010. The number of aromatic nitrogens is 4. The van der Waals surface area contributed by atoms with Crippen LogP contribution in [0.4, 0.5) is 4.39 Å². The van der Waals surface area contributed by atoms with Crippen LogP contribution in [0.1, 0.15) is 24.6 Å². The van der Waals surface area contributed by atoms with Gasteiger partial charge in [0.2, 0.25) is 10.0 Å². The molecule has 2 N–H and O–H groups in total. The van der Waals surface area contributed by atoms with Crippen LogP contribution in [-0.2, 0) is 10.0 Å². The second kappa shape index (κ2) is 6.71. The number of nitrogens with zero attached hydrogens (tertiary/aromatic N) is 4. The van der Waals surface area contributed by atoms with Crippen LogP contribution in [-0.4, -0.2) is 40.6 Å². The van der Waals surface area contributed by atoms with Crippen molar-refractivity contribution < 1.29 is 12.8 Å². The van der Waals surface area contributed by atoms with Gasteiger partial charge in [-0.15, -0.1) is 0 Å². The molecule has 10 heteroatoms. The fourth-order valence-electron chi connectivity index (χ4n) is 3.19. The Labute approximate surface area is 149 Å². The summed E-state index contributed by atoms with van der Waals surface area (Å²) in [6, 6.07) is 5.79. The zero-order valence-corrected chi connectivity index (χ0v) is 14.5. The molecule has 3 aromatic rings. The first-order chi connectivity index (χ1) is 12.5. The summed E-state index contributed by atoms with van der Waals surface area (Å²) in [6.07, 6.45) is 4.72. The van der Waals surface area contributed by atoms with Crippen molar-refractivity contribution in [2.24, 2.45) is 0 Å². The Hall–Kier alpha value is -2.43. The molecule has 1 aliphatic rings. The van der Waals surface area contributed by atoms with Crippen molar-refractivity contribution in [2.75, 3.05) is 6.54 Å². The summed E-state index contributed by atoms with van der Waals surface area (Å²) in [5.74, 6) is -0.0945. The molecular formula is C16H17FN6O2S. The third-order valence-corrected chi connectivity index (χ3v) is 5.89. The van der Waals surface area contributed by atoms with Crippen molar-refractivity contribution in [2.45, 2.75) is 29.8 Å². The van der Waals surface area contributed by atoms with Crippen LogP contribution >= 0.6 is 0 Å². The van der Waals surface area contributed by atoms with Crippen molar-refractivity contribution in [3.05, 3.63) is 54.4 Å². The lowest BCUT2D eigenvalue weighted by Gasteiger charge is -2.25. The summed E-state index contributed by atoms with van der Waals surface area (Å²) < 4.78 is 43.1. The van der Waals surface area contributed by atoms with Crippen molar-refractivity contribution in [1.29, 1.82) is 0 Å². The molecule has 1 saturated heterocycles. The number of halogens is 1. The second-order valence-corrected chi connectivity index (χ2v) is 7.81. The van der Waals surface area contributed by atoms with Crippen LogP contribution in [0.3, 0.4) is 0 Å². The van der Waals surface area contributed by atoms with Gasteiger partial charge in [0.05, 0.1) is 16.6 Å². The highest BCUT2D eigenvalue weighted by Gasteiger charge is 2.32. The predicted octanol–water partition coefficient (Wildman–Crippen LogP) is 1.03. The van der Waals surface area contributed by atoms with Gasteiger partial charge in [-0.25, -0.2) is 22.5 Å². The van der Waals surface area contributed by atoms with Gasteiger partial charge in [0.1, 0.15) is 12.1 Å². The standard InChI is InChI=1S/C16H17FN6O2S/c17-11-3-5-12(6-4-11)26(24,25)22-15(13-2-1-8-18-13)14-7-9-19-16-20-10-21-23(14)16/h3-7,9-10,13,15,18,22H,1-2,8H2/t13?,15-/m1/s1. The largest absolute Gasteiger partial charge is 0.312 e. The molecule has 0 saturated carbocycles. The summed E-state index contributed by atoms with van der Waals surface area (Å²) in [7, 11) is -3.85. The van der Waals surface area contributed by atoms with E-state index in [-0.39, 0.29) is 10.9 Å². The Morgan fingerprint density at radius 3 is 2.77 bits per heavy atom. The summed E-state index contributed by atoms with van der Waals surface area (Å²) in [4.78, 5) is 8.18. The number of hydrogen-bond donors (Lipinski definition) is 2. The molecule has 1 fully saturated rings. The monoisotopic (exact) mass is 376 g/mol. The molecule has 3 heterocycles. The zero-order chi connectivity index (χ0) is 18.1. The molecule has 8 nitrogen and oxygen atoms in total. The first-order valence-electron chi connectivity index (χ1n) is 8.20. The Kier molecular flexibility index (Phi) is 4.39. The lowest BCUT2D eigenvalue weighted by Crippen LogP contribution is -2.41. The molecule has 2 aromatic heterocycles. The Balaban J connectivity index is 1.74. The van der Waals surface area contributed by atoms with Crippen LogP contribution in [0.2, 0.25) is 0 Å². The van der Waals surface area contributed by atoms with Crippen molar-refractivity contribution in [3.63, 3.8) is 0 Å². The van der Waals surface area contributed by atoms with Gasteiger partial charge in [-0.05, 0) is 49.7 Å². The first-order valence-corrected chi connectivity index (χ1v) is 9.69. The molecule has 0 amide bonds. The van der Waals surface area contributed by atoms with Crippen LogP contribution < -0.4 is 10.0 Å². The third-order valence-electron chi connectivity index (χ3n) is 4.44.